The first-order valence-electron chi connectivity index (χ1n) is 7.91. The van der Waals surface area contributed by atoms with Crippen LogP contribution in [-0.2, 0) is 17.7 Å². The molecule has 0 bridgehead atoms. The smallest absolute Gasteiger partial charge is 0.185 e. The average Bonchev–Trinajstić information content (AvgIpc) is 3.15. The van der Waals surface area contributed by atoms with Crippen molar-refractivity contribution in [2.24, 2.45) is 0 Å². The highest BCUT2D eigenvalue weighted by atomic mass is 16.5. The number of rotatable bonds is 3. The molecular formula is C15H22N6O. The Labute approximate surface area is 129 Å². The summed E-state index contributed by atoms with van der Waals surface area (Å²) in [6.07, 6.45) is 3.53. The van der Waals surface area contributed by atoms with Gasteiger partial charge in [-0.25, -0.2) is 4.98 Å². The summed E-state index contributed by atoms with van der Waals surface area (Å²) in [7, 11) is 2.13. The lowest BCUT2D eigenvalue weighted by Crippen LogP contribution is -2.29. The van der Waals surface area contributed by atoms with Gasteiger partial charge in [-0.2, -0.15) is 5.10 Å². The van der Waals surface area contributed by atoms with Crippen molar-refractivity contribution in [3.63, 3.8) is 0 Å². The molecule has 0 aliphatic carbocycles. The maximum atomic E-state index is 6.05. The van der Waals surface area contributed by atoms with E-state index in [1.54, 1.807) is 0 Å². The van der Waals surface area contributed by atoms with Crippen molar-refractivity contribution >= 4 is 22.7 Å². The van der Waals surface area contributed by atoms with Crippen LogP contribution in [0.2, 0.25) is 0 Å². The lowest BCUT2D eigenvalue weighted by atomic mass is 9.97. The Morgan fingerprint density at radius 3 is 3.18 bits per heavy atom. The van der Waals surface area contributed by atoms with Crippen LogP contribution >= 0.6 is 0 Å². The van der Waals surface area contributed by atoms with Gasteiger partial charge < -0.3 is 20.7 Å². The molecule has 4 N–H and O–H groups in total. The quantitative estimate of drug-likeness (QED) is 0.787. The van der Waals surface area contributed by atoms with Crippen molar-refractivity contribution in [2.75, 3.05) is 37.8 Å². The van der Waals surface area contributed by atoms with Gasteiger partial charge in [-0.3, -0.25) is 5.10 Å². The first-order chi connectivity index (χ1) is 10.7. The molecule has 0 radical (unpaired) electrons. The number of likely N-dealkylation sites (N-methyl/N-ethyl adjacent to an activating group) is 1. The number of hydrogen-bond acceptors (Lipinski definition) is 6. The predicted molar refractivity (Wildman–Crippen MR) is 85.8 cm³/mol. The molecule has 0 amide bonds. The summed E-state index contributed by atoms with van der Waals surface area (Å²) in [5.41, 5.74) is 9.28. The first kappa shape index (κ1) is 13.8. The highest BCUT2D eigenvalue weighted by molar-refractivity contribution is 5.92. The van der Waals surface area contributed by atoms with Crippen molar-refractivity contribution in [3.05, 3.63) is 11.1 Å². The van der Waals surface area contributed by atoms with E-state index in [-0.39, 0.29) is 0 Å². The van der Waals surface area contributed by atoms with E-state index < -0.39 is 0 Å². The van der Waals surface area contributed by atoms with Gasteiger partial charge in [-0.15, -0.1) is 0 Å². The molecule has 2 aromatic rings. The Hall–Kier alpha value is -1.86. The molecule has 7 nitrogen and oxygen atoms in total. The van der Waals surface area contributed by atoms with Crippen molar-refractivity contribution in [1.29, 1.82) is 0 Å². The number of ether oxygens (including phenoxy) is 1. The number of nitrogens with one attached hydrogen (secondary N) is 2. The molecule has 22 heavy (non-hydrogen) atoms. The Morgan fingerprint density at radius 1 is 1.45 bits per heavy atom. The Kier molecular flexibility index (Phi) is 3.38. The standard InChI is InChI=1S/C15H22N6O/c1-21-5-4-10-11(8-21)14(17-7-9-3-2-6-22-9)18-15-12(10)13(16)19-20-15/h9H,2-8H2,1H3,(H4,16,17,18,19,20)/t9-/m0/s1. The van der Waals surface area contributed by atoms with E-state index in [1.165, 1.54) is 11.1 Å². The van der Waals surface area contributed by atoms with Crippen LogP contribution in [0.5, 0.6) is 0 Å². The van der Waals surface area contributed by atoms with Gasteiger partial charge in [-0.1, -0.05) is 0 Å². The van der Waals surface area contributed by atoms with Gasteiger partial charge >= 0.3 is 0 Å². The molecule has 2 aliphatic heterocycles. The second kappa shape index (κ2) is 5.40. The molecule has 0 aromatic carbocycles. The number of pyridine rings is 1. The van der Waals surface area contributed by atoms with E-state index in [0.29, 0.717) is 17.6 Å². The van der Waals surface area contributed by atoms with E-state index in [2.05, 4.69) is 32.4 Å². The number of H-pyrrole nitrogens is 1. The topological polar surface area (TPSA) is 92.1 Å². The molecule has 4 rings (SSSR count). The second-order valence-corrected chi connectivity index (χ2v) is 6.26. The van der Waals surface area contributed by atoms with Crippen LogP contribution in [0.4, 0.5) is 11.6 Å². The van der Waals surface area contributed by atoms with Gasteiger partial charge in [0.15, 0.2) is 5.65 Å². The highest BCUT2D eigenvalue weighted by Gasteiger charge is 2.24. The van der Waals surface area contributed by atoms with Gasteiger partial charge in [0.1, 0.15) is 11.6 Å². The first-order valence-corrected chi connectivity index (χ1v) is 7.91. The molecule has 2 aromatic heterocycles. The maximum absolute atomic E-state index is 6.05. The second-order valence-electron chi connectivity index (χ2n) is 6.26. The summed E-state index contributed by atoms with van der Waals surface area (Å²) in [6.45, 7) is 3.59. The van der Waals surface area contributed by atoms with Crippen LogP contribution in [0.3, 0.4) is 0 Å². The third-order valence-electron chi connectivity index (χ3n) is 4.64. The predicted octanol–water partition coefficient (Wildman–Crippen LogP) is 1.12. The lowest BCUT2D eigenvalue weighted by Gasteiger charge is -2.27. The molecule has 7 heteroatoms. The molecule has 1 atom stereocenters. The molecular weight excluding hydrogens is 280 g/mol. The summed E-state index contributed by atoms with van der Waals surface area (Å²) in [6, 6.07) is 0. The van der Waals surface area contributed by atoms with E-state index in [1.807, 2.05) is 0 Å². The fourth-order valence-corrected chi connectivity index (χ4v) is 3.45. The Bertz CT molecular complexity index is 691. The van der Waals surface area contributed by atoms with Crippen molar-refractivity contribution in [3.8, 4) is 0 Å². The number of nitrogens with zero attached hydrogens (tertiary/aromatic N) is 3. The van der Waals surface area contributed by atoms with Crippen LogP contribution in [-0.4, -0.2) is 52.9 Å². The number of hydrogen-bond donors (Lipinski definition) is 3. The Morgan fingerprint density at radius 2 is 2.36 bits per heavy atom. The van der Waals surface area contributed by atoms with Crippen LogP contribution in [0.25, 0.3) is 11.0 Å². The maximum Gasteiger partial charge on any atom is 0.185 e. The molecule has 0 unspecified atom stereocenters. The third-order valence-corrected chi connectivity index (χ3v) is 4.64. The average molecular weight is 302 g/mol. The number of nitrogen functional groups attached to an aromatic ring is 1. The lowest BCUT2D eigenvalue weighted by molar-refractivity contribution is 0.120. The van der Waals surface area contributed by atoms with Gasteiger partial charge in [0.05, 0.1) is 11.5 Å². The minimum Gasteiger partial charge on any atom is -0.384 e. The third kappa shape index (κ3) is 2.30. The van der Waals surface area contributed by atoms with Crippen molar-refractivity contribution in [2.45, 2.75) is 31.9 Å². The number of anilines is 2. The SMILES string of the molecule is CN1CCc2c(c(NC[C@@H]3CCCO3)nc3n[nH]c(N)c23)C1. The largest absolute Gasteiger partial charge is 0.384 e. The van der Waals surface area contributed by atoms with Crippen LogP contribution in [0.15, 0.2) is 0 Å². The fourth-order valence-electron chi connectivity index (χ4n) is 3.45. The minimum atomic E-state index is 0.290. The van der Waals surface area contributed by atoms with Crippen molar-refractivity contribution in [1.82, 2.24) is 20.1 Å². The molecule has 4 heterocycles. The highest BCUT2D eigenvalue weighted by Crippen LogP contribution is 2.33. The molecule has 118 valence electrons. The van der Waals surface area contributed by atoms with Gasteiger partial charge in [0.25, 0.3) is 0 Å². The minimum absolute atomic E-state index is 0.290. The van der Waals surface area contributed by atoms with Gasteiger partial charge in [0.2, 0.25) is 0 Å². The number of fused-ring (bicyclic) bond motifs is 3. The number of aromatic nitrogens is 3. The van der Waals surface area contributed by atoms with Crippen molar-refractivity contribution < 1.29 is 4.74 Å². The summed E-state index contributed by atoms with van der Waals surface area (Å²) in [5, 5.41) is 11.6. The van der Waals surface area contributed by atoms with E-state index >= 15 is 0 Å². The molecule has 0 spiro atoms. The van der Waals surface area contributed by atoms with Crippen LogP contribution in [0.1, 0.15) is 24.0 Å². The summed E-state index contributed by atoms with van der Waals surface area (Å²) in [4.78, 5) is 7.00. The number of nitrogens with two attached hydrogens (primary N) is 1. The van der Waals surface area contributed by atoms with Crippen LogP contribution in [0, 0.1) is 0 Å². The number of aromatic amines is 1. The normalized spacial score (nSPS) is 22.1. The van der Waals surface area contributed by atoms with Crippen LogP contribution < -0.4 is 11.1 Å². The monoisotopic (exact) mass is 302 g/mol. The van der Waals surface area contributed by atoms with E-state index in [4.69, 9.17) is 10.5 Å². The van der Waals surface area contributed by atoms with E-state index in [9.17, 15) is 0 Å². The summed E-state index contributed by atoms with van der Waals surface area (Å²) < 4.78 is 5.69. The summed E-state index contributed by atoms with van der Waals surface area (Å²) >= 11 is 0. The molecule has 1 fully saturated rings. The molecule has 1 saturated heterocycles. The molecule has 2 aliphatic rings. The van der Waals surface area contributed by atoms with Gasteiger partial charge in [-0.05, 0) is 31.9 Å². The zero-order valence-corrected chi connectivity index (χ0v) is 12.9. The molecule has 0 saturated carbocycles. The zero-order valence-electron chi connectivity index (χ0n) is 12.9. The zero-order chi connectivity index (χ0) is 15.1. The fraction of sp³-hybridized carbons (Fsp3) is 0.600. The van der Waals surface area contributed by atoms with E-state index in [0.717, 1.165) is 56.7 Å². The summed E-state index contributed by atoms with van der Waals surface area (Å²) in [5.74, 6) is 1.55. The van der Waals surface area contributed by atoms with Gasteiger partial charge in [0, 0.05) is 31.8 Å². The Balaban J connectivity index is 1.71.